The summed E-state index contributed by atoms with van der Waals surface area (Å²) in [6, 6.07) is 3.86. The number of fused-ring (bicyclic) bond motifs is 2. The van der Waals surface area contributed by atoms with Crippen LogP contribution in [0.25, 0.3) is 17.1 Å². The van der Waals surface area contributed by atoms with Gasteiger partial charge in [0.2, 0.25) is 5.95 Å². The van der Waals surface area contributed by atoms with Gasteiger partial charge in [0, 0.05) is 36.1 Å². The number of aromatic amines is 1. The molecule has 3 N–H and O–H groups in total. The zero-order valence-electron chi connectivity index (χ0n) is 14.4. The third-order valence-electron chi connectivity index (χ3n) is 4.54. The van der Waals surface area contributed by atoms with Crippen LogP contribution in [-0.2, 0) is 6.54 Å². The maximum atomic E-state index is 13.2. The van der Waals surface area contributed by atoms with Crippen molar-refractivity contribution in [2.24, 2.45) is 0 Å². The summed E-state index contributed by atoms with van der Waals surface area (Å²) in [7, 11) is 0. The molecule has 1 aliphatic rings. The third-order valence-corrected chi connectivity index (χ3v) is 4.54. The van der Waals surface area contributed by atoms with Gasteiger partial charge in [-0.3, -0.25) is 9.36 Å². The molecule has 0 bridgehead atoms. The predicted octanol–water partition coefficient (Wildman–Crippen LogP) is 2.58. The fourth-order valence-corrected chi connectivity index (χ4v) is 3.32. The molecule has 3 aromatic heterocycles. The molecule has 25 heavy (non-hydrogen) atoms. The average Bonchev–Trinajstić information content (AvgIpc) is 3.01. The Balaban J connectivity index is 1.96. The van der Waals surface area contributed by atoms with Crippen LogP contribution in [0.3, 0.4) is 0 Å². The van der Waals surface area contributed by atoms with Crippen molar-refractivity contribution < 1.29 is 0 Å². The van der Waals surface area contributed by atoms with Crippen molar-refractivity contribution in [1.82, 2.24) is 19.5 Å². The molecule has 7 nitrogen and oxygen atoms in total. The van der Waals surface area contributed by atoms with Crippen LogP contribution >= 0.6 is 0 Å². The first-order valence-corrected chi connectivity index (χ1v) is 8.26. The molecule has 0 spiro atoms. The fourth-order valence-electron chi connectivity index (χ4n) is 3.32. The number of aryl methyl sites for hydroxylation is 1. The van der Waals surface area contributed by atoms with Gasteiger partial charge in [0.25, 0.3) is 5.56 Å². The Morgan fingerprint density at radius 1 is 1.32 bits per heavy atom. The van der Waals surface area contributed by atoms with E-state index < -0.39 is 0 Å². The molecule has 0 saturated heterocycles. The fraction of sp³-hybridized carbons (Fsp3) is 0.278. The molecule has 0 saturated carbocycles. The lowest BCUT2D eigenvalue weighted by molar-refractivity contribution is 0.594. The summed E-state index contributed by atoms with van der Waals surface area (Å²) in [5, 5.41) is 0.839. The van der Waals surface area contributed by atoms with Crippen LogP contribution in [0.1, 0.15) is 36.8 Å². The van der Waals surface area contributed by atoms with Crippen molar-refractivity contribution in [3.63, 3.8) is 0 Å². The molecule has 4 heterocycles. The van der Waals surface area contributed by atoms with E-state index in [0.717, 1.165) is 22.3 Å². The highest BCUT2D eigenvalue weighted by Gasteiger charge is 2.21. The van der Waals surface area contributed by atoms with Gasteiger partial charge in [0.1, 0.15) is 11.3 Å². The molecule has 128 valence electrons. The minimum atomic E-state index is -0.0800. The molecule has 3 aromatic rings. The summed E-state index contributed by atoms with van der Waals surface area (Å²) in [6.45, 7) is 6.46. The van der Waals surface area contributed by atoms with Crippen LogP contribution in [0, 0.1) is 6.92 Å². The summed E-state index contributed by atoms with van der Waals surface area (Å²) >= 11 is 0. The Morgan fingerprint density at radius 3 is 2.88 bits per heavy atom. The second-order valence-electron chi connectivity index (χ2n) is 6.56. The van der Waals surface area contributed by atoms with Crippen molar-refractivity contribution in [3.8, 4) is 0 Å². The average molecular weight is 336 g/mol. The monoisotopic (exact) mass is 336 g/mol. The molecule has 7 heteroatoms. The third kappa shape index (κ3) is 2.39. The first-order valence-electron chi connectivity index (χ1n) is 8.26. The maximum Gasteiger partial charge on any atom is 0.276 e. The predicted molar refractivity (Wildman–Crippen MR) is 99.3 cm³/mol. The highest BCUT2D eigenvalue weighted by molar-refractivity contribution is 5.83. The van der Waals surface area contributed by atoms with Crippen LogP contribution in [0.15, 0.2) is 29.3 Å². The molecule has 0 radical (unpaired) electrons. The van der Waals surface area contributed by atoms with Crippen molar-refractivity contribution in [2.75, 3.05) is 10.6 Å². The van der Waals surface area contributed by atoms with Crippen molar-refractivity contribution >= 4 is 28.7 Å². The van der Waals surface area contributed by atoms with Gasteiger partial charge in [0.05, 0.1) is 5.69 Å². The molecule has 0 unspecified atom stereocenters. The summed E-state index contributed by atoms with van der Waals surface area (Å²) in [5.41, 5.74) is 9.91. The van der Waals surface area contributed by atoms with Crippen LogP contribution in [0.5, 0.6) is 0 Å². The Hall–Kier alpha value is -3.09. The standard InChI is InChI=1S/C18H20N6O/c1-10(2)24-16-13(11(3)21-18(19)22-16)8-15(17(24)25)23-7-5-14-12(9-23)4-6-20-14/h4-8,10,20H,9H2,1-3H3,(H2,19,21,22). The number of nitrogens with two attached hydrogens (primary N) is 1. The van der Waals surface area contributed by atoms with Gasteiger partial charge in [-0.25, -0.2) is 4.98 Å². The van der Waals surface area contributed by atoms with Crippen molar-refractivity contribution in [2.45, 2.75) is 33.4 Å². The van der Waals surface area contributed by atoms with Gasteiger partial charge >= 0.3 is 0 Å². The topological polar surface area (TPSA) is 92.8 Å². The quantitative estimate of drug-likeness (QED) is 0.750. The molecular weight excluding hydrogens is 316 g/mol. The minimum absolute atomic E-state index is 0.0414. The number of aromatic nitrogens is 4. The largest absolute Gasteiger partial charge is 0.368 e. The van der Waals surface area contributed by atoms with Gasteiger partial charge in [0.15, 0.2) is 0 Å². The number of hydrogen-bond acceptors (Lipinski definition) is 5. The maximum absolute atomic E-state index is 13.2. The van der Waals surface area contributed by atoms with Crippen LogP contribution < -0.4 is 16.2 Å². The van der Waals surface area contributed by atoms with E-state index in [1.165, 1.54) is 0 Å². The minimum Gasteiger partial charge on any atom is -0.368 e. The van der Waals surface area contributed by atoms with Crippen LogP contribution in [-0.4, -0.2) is 19.5 Å². The van der Waals surface area contributed by atoms with Gasteiger partial charge in [-0.1, -0.05) is 0 Å². The lowest BCUT2D eigenvalue weighted by Gasteiger charge is -2.25. The number of anilines is 2. The lowest BCUT2D eigenvalue weighted by atomic mass is 10.1. The molecule has 0 fully saturated rings. The highest BCUT2D eigenvalue weighted by Crippen LogP contribution is 2.26. The molecule has 1 aliphatic heterocycles. The van der Waals surface area contributed by atoms with E-state index in [1.807, 2.05) is 56.3 Å². The molecule has 4 rings (SSSR count). The van der Waals surface area contributed by atoms with Crippen molar-refractivity contribution in [1.29, 1.82) is 0 Å². The summed E-state index contributed by atoms with van der Waals surface area (Å²) < 4.78 is 1.69. The SMILES string of the molecule is Cc1nc(N)nc2c1cc(N1C=Cc3[nH]ccc3C1)c(=O)n2C(C)C. The van der Waals surface area contributed by atoms with E-state index in [-0.39, 0.29) is 17.5 Å². The van der Waals surface area contributed by atoms with Gasteiger partial charge in [-0.2, -0.15) is 4.98 Å². The Morgan fingerprint density at radius 2 is 2.12 bits per heavy atom. The Labute approximate surface area is 144 Å². The van der Waals surface area contributed by atoms with Gasteiger partial charge in [-0.15, -0.1) is 0 Å². The summed E-state index contributed by atoms with van der Waals surface area (Å²) in [5.74, 6) is 0.182. The van der Waals surface area contributed by atoms with E-state index in [0.29, 0.717) is 17.9 Å². The zero-order chi connectivity index (χ0) is 17.7. The number of rotatable bonds is 2. The number of nitrogen functional groups attached to an aromatic ring is 1. The first kappa shape index (κ1) is 15.4. The van der Waals surface area contributed by atoms with E-state index in [2.05, 4.69) is 15.0 Å². The Kier molecular flexibility index (Phi) is 3.38. The number of nitrogens with one attached hydrogen (secondary N) is 1. The zero-order valence-corrected chi connectivity index (χ0v) is 14.4. The highest BCUT2D eigenvalue weighted by atomic mass is 16.1. The van der Waals surface area contributed by atoms with Gasteiger partial charge in [-0.05, 0) is 44.5 Å². The molecule has 0 atom stereocenters. The number of H-pyrrole nitrogens is 1. The van der Waals surface area contributed by atoms with E-state index in [4.69, 9.17) is 5.73 Å². The van der Waals surface area contributed by atoms with E-state index in [9.17, 15) is 4.79 Å². The van der Waals surface area contributed by atoms with Gasteiger partial charge < -0.3 is 15.6 Å². The normalized spacial score (nSPS) is 13.7. The molecular formula is C18H20N6O. The first-order chi connectivity index (χ1) is 12.0. The molecule has 0 amide bonds. The Bertz CT molecular complexity index is 1060. The van der Waals surface area contributed by atoms with E-state index >= 15 is 0 Å². The van der Waals surface area contributed by atoms with Crippen molar-refractivity contribution in [3.05, 3.63) is 51.8 Å². The molecule has 0 aromatic carbocycles. The number of hydrogen-bond donors (Lipinski definition) is 2. The van der Waals surface area contributed by atoms with E-state index in [1.54, 1.807) is 4.57 Å². The second kappa shape index (κ2) is 5.47. The number of nitrogens with zero attached hydrogens (tertiary/aromatic N) is 4. The second-order valence-corrected chi connectivity index (χ2v) is 6.56. The lowest BCUT2D eigenvalue weighted by Crippen LogP contribution is -2.31. The summed E-state index contributed by atoms with van der Waals surface area (Å²) in [6.07, 6.45) is 5.82. The van der Waals surface area contributed by atoms with Crippen LogP contribution in [0.2, 0.25) is 0 Å². The summed E-state index contributed by atoms with van der Waals surface area (Å²) in [4.78, 5) is 26.9. The molecule has 0 aliphatic carbocycles. The number of pyridine rings is 1. The smallest absolute Gasteiger partial charge is 0.276 e. The van der Waals surface area contributed by atoms with Crippen LogP contribution in [0.4, 0.5) is 11.6 Å².